The minimum absolute atomic E-state index is 0. The smallest absolute Gasteiger partial charge is 0.134 e. The Balaban J connectivity index is 0.00000392. The lowest BCUT2D eigenvalue weighted by Gasteiger charge is -2.35. The Kier molecular flexibility index (Phi) is 12.2. The van der Waals surface area contributed by atoms with Gasteiger partial charge in [-0.25, -0.2) is 0 Å². The highest BCUT2D eigenvalue weighted by Gasteiger charge is 2.22. The van der Waals surface area contributed by atoms with E-state index in [-0.39, 0.29) is 12.4 Å². The van der Waals surface area contributed by atoms with Crippen molar-refractivity contribution in [2.45, 2.75) is 78.3 Å². The third-order valence-corrected chi connectivity index (χ3v) is 6.43. The van der Waals surface area contributed by atoms with Gasteiger partial charge in [0.05, 0.1) is 30.4 Å². The molecule has 2 aromatic rings. The Labute approximate surface area is 181 Å². The topological polar surface area (TPSA) is 25.4 Å². The van der Waals surface area contributed by atoms with Crippen LogP contribution in [0.2, 0.25) is 0 Å². The Morgan fingerprint density at radius 3 is 2.54 bits per heavy atom. The van der Waals surface area contributed by atoms with Gasteiger partial charge in [0.15, 0.2) is 0 Å². The van der Waals surface area contributed by atoms with Crippen molar-refractivity contribution in [2.75, 3.05) is 12.0 Å². The van der Waals surface area contributed by atoms with Gasteiger partial charge in [-0.3, -0.25) is 4.98 Å². The number of nitrogens with zero attached hydrogens (tertiary/aromatic N) is 2. The first kappa shape index (κ1) is 24.8. The van der Waals surface area contributed by atoms with Gasteiger partial charge in [0, 0.05) is 12.2 Å². The number of thiophene rings is 1. The Morgan fingerprint density at radius 1 is 1.11 bits per heavy atom. The summed E-state index contributed by atoms with van der Waals surface area (Å²) < 4.78 is 5.54. The second kappa shape index (κ2) is 13.8. The third-order valence-electron chi connectivity index (χ3n) is 5.54. The number of hydrogen-bond acceptors (Lipinski definition) is 4. The van der Waals surface area contributed by atoms with Gasteiger partial charge in [0.2, 0.25) is 0 Å². The first-order valence-electron chi connectivity index (χ1n) is 10.4. The molecule has 0 aliphatic heterocycles. The van der Waals surface area contributed by atoms with E-state index in [4.69, 9.17) is 4.74 Å². The Hall–Kier alpha value is -1.26. The van der Waals surface area contributed by atoms with Crippen molar-refractivity contribution in [2.24, 2.45) is 5.92 Å². The molecule has 0 aromatic carbocycles. The van der Waals surface area contributed by atoms with E-state index >= 15 is 0 Å². The van der Waals surface area contributed by atoms with Crippen molar-refractivity contribution in [3.05, 3.63) is 40.8 Å². The van der Waals surface area contributed by atoms with E-state index in [2.05, 4.69) is 48.2 Å². The van der Waals surface area contributed by atoms with Crippen molar-refractivity contribution in [3.63, 3.8) is 0 Å². The molecule has 0 spiro atoms. The van der Waals surface area contributed by atoms with Gasteiger partial charge >= 0.3 is 0 Å². The maximum atomic E-state index is 5.54. The van der Waals surface area contributed by atoms with E-state index < -0.39 is 0 Å². The average molecular weight is 425 g/mol. The van der Waals surface area contributed by atoms with E-state index in [0.717, 1.165) is 12.3 Å². The largest absolute Gasteiger partial charge is 0.496 e. The third kappa shape index (κ3) is 7.63. The molecular weight excluding hydrogens is 388 g/mol. The van der Waals surface area contributed by atoms with Crippen LogP contribution < -0.4 is 9.64 Å². The zero-order valence-corrected chi connectivity index (χ0v) is 19.5. The maximum Gasteiger partial charge on any atom is 0.134 e. The first-order chi connectivity index (χ1) is 13.2. The van der Waals surface area contributed by atoms with Crippen LogP contribution in [-0.2, 0) is 6.54 Å². The Morgan fingerprint density at radius 2 is 1.86 bits per heavy atom. The molecule has 0 fully saturated rings. The molecule has 0 aliphatic carbocycles. The molecule has 0 aliphatic rings. The number of hydrogen-bond donors (Lipinski definition) is 0. The first-order valence-corrected chi connectivity index (χ1v) is 11.3. The zero-order valence-electron chi connectivity index (χ0n) is 17.9. The highest BCUT2D eigenvalue weighted by Crippen LogP contribution is 2.31. The summed E-state index contributed by atoms with van der Waals surface area (Å²) in [6.45, 7) is 7.90. The van der Waals surface area contributed by atoms with Gasteiger partial charge in [-0.05, 0) is 42.8 Å². The SMILES string of the molecule is CCCCCCCCC(C)C(C)N(Cc1sccc1OC)c1cccnc1.Cl. The number of aromatic nitrogens is 1. The molecule has 0 amide bonds. The van der Waals surface area contributed by atoms with Crippen molar-refractivity contribution in [3.8, 4) is 5.75 Å². The second-order valence-electron chi connectivity index (χ2n) is 7.53. The molecule has 2 aromatic heterocycles. The van der Waals surface area contributed by atoms with Gasteiger partial charge in [-0.2, -0.15) is 0 Å². The van der Waals surface area contributed by atoms with E-state index in [1.165, 1.54) is 55.5 Å². The second-order valence-corrected chi connectivity index (χ2v) is 8.53. The molecule has 2 rings (SSSR count). The molecule has 0 radical (unpaired) electrons. The molecule has 0 N–H and O–H groups in total. The normalized spacial score (nSPS) is 12.9. The van der Waals surface area contributed by atoms with Crippen LogP contribution in [0.5, 0.6) is 5.75 Å². The maximum absolute atomic E-state index is 5.54. The molecule has 5 heteroatoms. The van der Waals surface area contributed by atoms with Crippen molar-refractivity contribution < 1.29 is 4.74 Å². The summed E-state index contributed by atoms with van der Waals surface area (Å²) in [6.07, 6.45) is 13.3. The summed E-state index contributed by atoms with van der Waals surface area (Å²) in [6, 6.07) is 6.71. The van der Waals surface area contributed by atoms with E-state index in [9.17, 15) is 0 Å². The van der Waals surface area contributed by atoms with Gasteiger partial charge < -0.3 is 9.64 Å². The minimum Gasteiger partial charge on any atom is -0.496 e. The summed E-state index contributed by atoms with van der Waals surface area (Å²) in [5, 5.41) is 2.11. The van der Waals surface area contributed by atoms with Gasteiger partial charge in [-0.1, -0.05) is 52.4 Å². The lowest BCUT2D eigenvalue weighted by Crippen LogP contribution is -2.37. The fraction of sp³-hybridized carbons (Fsp3) is 0.609. The summed E-state index contributed by atoms with van der Waals surface area (Å²) in [5.74, 6) is 1.63. The molecule has 0 saturated heterocycles. The zero-order chi connectivity index (χ0) is 19.5. The average Bonchev–Trinajstić information content (AvgIpc) is 3.16. The molecule has 2 heterocycles. The molecule has 2 unspecified atom stereocenters. The number of ether oxygens (including phenoxy) is 1. The van der Waals surface area contributed by atoms with Crippen LogP contribution in [0, 0.1) is 5.92 Å². The van der Waals surface area contributed by atoms with E-state index in [1.807, 2.05) is 18.5 Å². The van der Waals surface area contributed by atoms with Crippen LogP contribution in [-0.4, -0.2) is 18.1 Å². The molecule has 28 heavy (non-hydrogen) atoms. The minimum atomic E-state index is 0. The molecule has 2 atom stereocenters. The fourth-order valence-electron chi connectivity index (χ4n) is 3.57. The molecule has 158 valence electrons. The van der Waals surface area contributed by atoms with Crippen LogP contribution >= 0.6 is 23.7 Å². The predicted molar refractivity (Wildman–Crippen MR) is 125 cm³/mol. The van der Waals surface area contributed by atoms with Gasteiger partial charge in [0.25, 0.3) is 0 Å². The van der Waals surface area contributed by atoms with E-state index in [1.54, 1.807) is 18.4 Å². The van der Waals surface area contributed by atoms with Gasteiger partial charge in [-0.15, -0.1) is 23.7 Å². The lowest BCUT2D eigenvalue weighted by atomic mass is 9.94. The number of unbranched alkanes of at least 4 members (excludes halogenated alkanes) is 5. The summed E-state index contributed by atoms with van der Waals surface area (Å²) in [7, 11) is 1.75. The number of halogens is 1. The van der Waals surface area contributed by atoms with Crippen LogP contribution in [0.3, 0.4) is 0 Å². The van der Waals surface area contributed by atoms with Crippen LogP contribution in [0.25, 0.3) is 0 Å². The summed E-state index contributed by atoms with van der Waals surface area (Å²) in [4.78, 5) is 8.12. The highest BCUT2D eigenvalue weighted by atomic mass is 35.5. The fourth-order valence-corrected chi connectivity index (χ4v) is 4.41. The van der Waals surface area contributed by atoms with Crippen molar-refractivity contribution in [1.29, 1.82) is 0 Å². The molecular formula is C23H37ClN2OS. The van der Waals surface area contributed by atoms with Crippen molar-refractivity contribution in [1.82, 2.24) is 4.98 Å². The van der Waals surface area contributed by atoms with Gasteiger partial charge in [0.1, 0.15) is 5.75 Å². The van der Waals surface area contributed by atoms with E-state index in [0.29, 0.717) is 12.0 Å². The van der Waals surface area contributed by atoms with Crippen LogP contribution in [0.4, 0.5) is 5.69 Å². The number of pyridine rings is 1. The molecule has 0 bridgehead atoms. The standard InChI is InChI=1S/C23H36N2OS.ClH/c1-5-6-7-8-9-10-12-19(2)20(3)25(21-13-11-15-24-17-21)18-23-22(26-4)14-16-27-23;/h11,13-17,19-20H,5-10,12,18H2,1-4H3;1H. The van der Waals surface area contributed by atoms with Crippen LogP contribution in [0.15, 0.2) is 36.0 Å². The van der Waals surface area contributed by atoms with Crippen molar-refractivity contribution >= 4 is 29.4 Å². The quantitative estimate of drug-likeness (QED) is 0.314. The predicted octanol–water partition coefficient (Wildman–Crippen LogP) is 7.36. The summed E-state index contributed by atoms with van der Waals surface area (Å²) in [5.41, 5.74) is 1.19. The monoisotopic (exact) mass is 424 g/mol. The van der Waals surface area contributed by atoms with Crippen LogP contribution in [0.1, 0.15) is 70.6 Å². The summed E-state index contributed by atoms with van der Waals surface area (Å²) >= 11 is 1.77. The molecule has 3 nitrogen and oxygen atoms in total. The highest BCUT2D eigenvalue weighted by molar-refractivity contribution is 7.10. The molecule has 0 saturated carbocycles. The lowest BCUT2D eigenvalue weighted by molar-refractivity contribution is 0.393. The number of anilines is 1. The number of methoxy groups -OCH3 is 1. The Bertz CT molecular complexity index is 635. The number of rotatable bonds is 13.